The summed E-state index contributed by atoms with van der Waals surface area (Å²) in [5.41, 5.74) is 0. The molecule has 0 radical (unpaired) electrons. The molecule has 2 nitrogen and oxygen atoms in total. The lowest BCUT2D eigenvalue weighted by atomic mass is 10.5. The van der Waals surface area contributed by atoms with Crippen LogP contribution in [-0.2, 0) is 0 Å². The average molecular weight is 218 g/mol. The summed E-state index contributed by atoms with van der Waals surface area (Å²) in [4.78, 5) is 0. The molecule has 0 spiro atoms. The zero-order valence-corrected chi connectivity index (χ0v) is 9.63. The van der Waals surface area contributed by atoms with Crippen LogP contribution in [0.2, 0.25) is 0 Å². The Morgan fingerprint density at radius 2 is 1.58 bits per heavy atom. The Morgan fingerprint density at radius 3 is 1.58 bits per heavy atom. The van der Waals surface area contributed by atoms with Gasteiger partial charge in [0.25, 0.3) is 0 Å². The van der Waals surface area contributed by atoms with Gasteiger partial charge in [-0.3, -0.25) is 0 Å². The molecule has 78 valence electrons. The molecule has 1 aliphatic rings. The highest BCUT2D eigenvalue weighted by Crippen LogP contribution is 2.34. The minimum atomic E-state index is 0. The van der Waals surface area contributed by atoms with Crippen LogP contribution in [-0.4, -0.2) is 23.9 Å². The van der Waals surface area contributed by atoms with Crippen LogP contribution in [0, 0.1) is 5.92 Å². The Hall–Kier alpha value is 0.500. The second-order valence-electron chi connectivity index (χ2n) is 2.69. The zero-order valence-electron chi connectivity index (χ0n) is 8.06. The van der Waals surface area contributed by atoms with Crippen LogP contribution in [0.5, 0.6) is 0 Å². The highest BCUT2D eigenvalue weighted by atomic mass is 35.5. The third-order valence-electron chi connectivity index (χ3n) is 1.51. The monoisotopic (exact) mass is 217 g/mol. The molecule has 4 heteroatoms. The van der Waals surface area contributed by atoms with Gasteiger partial charge in [-0.15, -0.1) is 24.0 Å². The van der Waals surface area contributed by atoms with Gasteiger partial charge in [0, 0.05) is 5.38 Å². The van der Waals surface area contributed by atoms with E-state index in [1.807, 2.05) is 0 Å². The molecule has 1 fully saturated rings. The Balaban J connectivity index is -0.000000116. The Labute approximate surface area is 86.8 Å². The molecule has 0 heterocycles. The third kappa shape index (κ3) is 13.1. The molecule has 0 bridgehead atoms. The van der Waals surface area contributed by atoms with Crippen LogP contribution in [0.15, 0.2) is 0 Å². The standard InChI is InChI=1S/C4H7Cl.C4H11N.ClH.H2O/c1-3-2-4(3)5;1-3-5-4-2;;/h3-4H,2H2,1H3;5H,3-4H2,1-2H3;1H;1H2. The minimum absolute atomic E-state index is 0. The number of rotatable bonds is 2. The maximum atomic E-state index is 5.54. The highest BCUT2D eigenvalue weighted by Gasteiger charge is 2.29. The highest BCUT2D eigenvalue weighted by molar-refractivity contribution is 6.22. The smallest absolute Gasteiger partial charge is 0.0365 e. The van der Waals surface area contributed by atoms with Gasteiger partial charge < -0.3 is 10.8 Å². The molecule has 0 aromatic rings. The van der Waals surface area contributed by atoms with Crippen molar-refractivity contribution in [2.24, 2.45) is 5.92 Å². The molecular formula is C8H21Cl2NO. The van der Waals surface area contributed by atoms with Gasteiger partial charge in [0.2, 0.25) is 0 Å². The topological polar surface area (TPSA) is 43.5 Å². The largest absolute Gasteiger partial charge is 0.412 e. The fraction of sp³-hybridized carbons (Fsp3) is 1.00. The molecule has 3 N–H and O–H groups in total. The summed E-state index contributed by atoms with van der Waals surface area (Å²) < 4.78 is 0. The molecule has 1 rings (SSSR count). The maximum absolute atomic E-state index is 5.54. The SMILES string of the molecule is CC1CC1Cl.CCNCC.Cl.O. The second kappa shape index (κ2) is 11.5. The van der Waals surface area contributed by atoms with Crippen molar-refractivity contribution in [3.63, 3.8) is 0 Å². The van der Waals surface area contributed by atoms with Gasteiger partial charge in [0.05, 0.1) is 0 Å². The first-order valence-electron chi connectivity index (χ1n) is 4.07. The van der Waals surface area contributed by atoms with Gasteiger partial charge in [-0.2, -0.15) is 0 Å². The summed E-state index contributed by atoms with van der Waals surface area (Å²) in [5.74, 6) is 0.816. The first-order valence-corrected chi connectivity index (χ1v) is 4.50. The summed E-state index contributed by atoms with van der Waals surface area (Å²) in [6, 6.07) is 0. The van der Waals surface area contributed by atoms with Gasteiger partial charge in [0.1, 0.15) is 0 Å². The average Bonchev–Trinajstić information content (AvgIpc) is 2.49. The minimum Gasteiger partial charge on any atom is -0.412 e. The summed E-state index contributed by atoms with van der Waals surface area (Å²) in [7, 11) is 0. The summed E-state index contributed by atoms with van der Waals surface area (Å²) in [6.07, 6.45) is 1.24. The summed E-state index contributed by atoms with van der Waals surface area (Å²) >= 11 is 5.54. The van der Waals surface area contributed by atoms with Crippen molar-refractivity contribution in [3.8, 4) is 0 Å². The Kier molecular flexibility index (Phi) is 17.6. The van der Waals surface area contributed by atoms with Crippen molar-refractivity contribution in [1.29, 1.82) is 0 Å². The van der Waals surface area contributed by atoms with E-state index in [4.69, 9.17) is 11.6 Å². The van der Waals surface area contributed by atoms with Crippen molar-refractivity contribution in [3.05, 3.63) is 0 Å². The van der Waals surface area contributed by atoms with Crippen molar-refractivity contribution in [1.82, 2.24) is 5.32 Å². The Bertz CT molecular complexity index is 75.5. The normalized spacial score (nSPS) is 24.0. The Morgan fingerprint density at radius 1 is 1.33 bits per heavy atom. The van der Waals surface area contributed by atoms with Crippen molar-refractivity contribution in [2.45, 2.75) is 32.6 Å². The van der Waals surface area contributed by atoms with Gasteiger partial charge >= 0.3 is 0 Å². The summed E-state index contributed by atoms with van der Waals surface area (Å²) in [6.45, 7) is 8.55. The van der Waals surface area contributed by atoms with E-state index in [1.54, 1.807) is 0 Å². The van der Waals surface area contributed by atoms with E-state index >= 15 is 0 Å². The van der Waals surface area contributed by atoms with Gasteiger partial charge in [-0.1, -0.05) is 20.8 Å². The number of nitrogens with one attached hydrogen (secondary N) is 1. The predicted molar refractivity (Wildman–Crippen MR) is 58.5 cm³/mol. The number of hydrogen-bond acceptors (Lipinski definition) is 1. The molecule has 0 amide bonds. The van der Waals surface area contributed by atoms with Crippen LogP contribution >= 0.6 is 24.0 Å². The lowest BCUT2D eigenvalue weighted by molar-refractivity contribution is 0.762. The third-order valence-corrected chi connectivity index (χ3v) is 2.12. The molecule has 2 unspecified atom stereocenters. The first kappa shape index (κ1) is 18.3. The van der Waals surface area contributed by atoms with Crippen molar-refractivity contribution >= 4 is 24.0 Å². The molecule has 0 aromatic carbocycles. The maximum Gasteiger partial charge on any atom is 0.0365 e. The fourth-order valence-electron chi connectivity index (χ4n) is 0.527. The van der Waals surface area contributed by atoms with Crippen LogP contribution < -0.4 is 5.32 Å². The van der Waals surface area contributed by atoms with Crippen molar-refractivity contribution < 1.29 is 5.48 Å². The molecular weight excluding hydrogens is 197 g/mol. The van der Waals surface area contributed by atoms with Crippen LogP contribution in [0.4, 0.5) is 0 Å². The molecule has 0 aromatic heterocycles. The van der Waals surface area contributed by atoms with E-state index < -0.39 is 0 Å². The number of halogens is 2. The quantitative estimate of drug-likeness (QED) is 0.706. The van der Waals surface area contributed by atoms with Gasteiger partial charge in [0.15, 0.2) is 0 Å². The van der Waals surface area contributed by atoms with E-state index in [0.29, 0.717) is 5.38 Å². The lowest BCUT2D eigenvalue weighted by Gasteiger charge is -1.86. The molecule has 0 saturated heterocycles. The second-order valence-corrected chi connectivity index (χ2v) is 3.25. The molecule has 12 heavy (non-hydrogen) atoms. The number of alkyl halides is 1. The first-order chi connectivity index (χ1) is 4.72. The van der Waals surface area contributed by atoms with Gasteiger partial charge in [-0.25, -0.2) is 0 Å². The summed E-state index contributed by atoms with van der Waals surface area (Å²) in [5, 5.41) is 3.63. The van der Waals surface area contributed by atoms with Crippen molar-refractivity contribution in [2.75, 3.05) is 13.1 Å². The number of hydrogen-bond donors (Lipinski definition) is 1. The molecule has 1 aliphatic carbocycles. The van der Waals surface area contributed by atoms with E-state index in [1.165, 1.54) is 6.42 Å². The van der Waals surface area contributed by atoms with E-state index in [-0.39, 0.29) is 17.9 Å². The molecule has 0 aliphatic heterocycles. The zero-order chi connectivity index (χ0) is 7.98. The lowest BCUT2D eigenvalue weighted by Crippen LogP contribution is -2.09. The van der Waals surface area contributed by atoms with Crippen LogP contribution in [0.3, 0.4) is 0 Å². The van der Waals surface area contributed by atoms with Crippen LogP contribution in [0.25, 0.3) is 0 Å². The predicted octanol–water partition coefficient (Wildman–Crippen LogP) is 1.85. The molecule has 2 atom stereocenters. The van der Waals surface area contributed by atoms with E-state index in [9.17, 15) is 0 Å². The van der Waals surface area contributed by atoms with Gasteiger partial charge in [-0.05, 0) is 25.4 Å². The fourth-order valence-corrected chi connectivity index (χ4v) is 0.808. The van der Waals surface area contributed by atoms with E-state index in [0.717, 1.165) is 19.0 Å². The molecule has 1 saturated carbocycles. The van der Waals surface area contributed by atoms with E-state index in [2.05, 4.69) is 26.1 Å². The van der Waals surface area contributed by atoms with Crippen LogP contribution in [0.1, 0.15) is 27.2 Å².